The van der Waals surface area contributed by atoms with E-state index < -0.39 is 0 Å². The fourth-order valence-corrected chi connectivity index (χ4v) is 1.45. The second-order valence-corrected chi connectivity index (χ2v) is 4.45. The van der Waals surface area contributed by atoms with Gasteiger partial charge in [0.2, 0.25) is 0 Å². The number of hydrogen-bond acceptors (Lipinski definition) is 2. The molecule has 0 saturated carbocycles. The molecular formula is C13H22N4. The number of guanidine groups is 1. The van der Waals surface area contributed by atoms with Crippen LogP contribution in [0.5, 0.6) is 0 Å². The first-order valence-electron chi connectivity index (χ1n) is 5.88. The molecule has 0 aromatic heterocycles. The summed E-state index contributed by atoms with van der Waals surface area (Å²) in [6.07, 6.45) is 1.00. The Morgan fingerprint density at radius 2 is 2.00 bits per heavy atom. The summed E-state index contributed by atoms with van der Waals surface area (Å²) in [6.45, 7) is 3.09. The number of nitrogens with two attached hydrogens (primary N) is 1. The van der Waals surface area contributed by atoms with E-state index in [1.807, 2.05) is 30.3 Å². The zero-order valence-electron chi connectivity index (χ0n) is 10.9. The Bertz CT molecular complexity index is 346. The summed E-state index contributed by atoms with van der Waals surface area (Å²) in [5.41, 5.74) is 6.80. The van der Waals surface area contributed by atoms with Crippen molar-refractivity contribution in [3.63, 3.8) is 0 Å². The Hall–Kier alpha value is -1.55. The number of anilines is 1. The molecule has 0 amide bonds. The predicted octanol–water partition coefficient (Wildman–Crippen LogP) is 1.75. The van der Waals surface area contributed by atoms with Gasteiger partial charge in [-0.2, -0.15) is 0 Å². The topological polar surface area (TPSA) is 53.6 Å². The molecule has 1 aromatic carbocycles. The molecule has 0 aliphatic heterocycles. The van der Waals surface area contributed by atoms with Crippen LogP contribution in [0.1, 0.15) is 13.3 Å². The lowest BCUT2D eigenvalue weighted by molar-refractivity contribution is 0.386. The Labute approximate surface area is 104 Å². The fraction of sp³-hybridized carbons (Fsp3) is 0.462. The molecule has 4 heteroatoms. The van der Waals surface area contributed by atoms with Crippen LogP contribution in [-0.2, 0) is 0 Å². The monoisotopic (exact) mass is 234 g/mol. The molecule has 1 unspecified atom stereocenters. The SMILES string of the molecule is CC(CCN(C)C)N=C(N)Nc1ccccc1. The molecule has 0 fully saturated rings. The zero-order chi connectivity index (χ0) is 12.7. The van der Waals surface area contributed by atoms with Gasteiger partial charge in [-0.3, -0.25) is 4.99 Å². The van der Waals surface area contributed by atoms with E-state index in [0.29, 0.717) is 5.96 Å². The van der Waals surface area contributed by atoms with E-state index >= 15 is 0 Å². The molecule has 1 aromatic rings. The summed E-state index contributed by atoms with van der Waals surface area (Å²) < 4.78 is 0. The van der Waals surface area contributed by atoms with Gasteiger partial charge in [-0.15, -0.1) is 0 Å². The number of aliphatic imine (C=N–C) groups is 1. The smallest absolute Gasteiger partial charge is 0.193 e. The van der Waals surface area contributed by atoms with E-state index in [-0.39, 0.29) is 6.04 Å². The van der Waals surface area contributed by atoms with E-state index in [1.165, 1.54) is 0 Å². The van der Waals surface area contributed by atoms with Crippen molar-refractivity contribution in [3.8, 4) is 0 Å². The second-order valence-electron chi connectivity index (χ2n) is 4.45. The summed E-state index contributed by atoms with van der Waals surface area (Å²) >= 11 is 0. The Morgan fingerprint density at radius 3 is 2.59 bits per heavy atom. The molecule has 3 N–H and O–H groups in total. The lowest BCUT2D eigenvalue weighted by Gasteiger charge is -2.13. The van der Waals surface area contributed by atoms with Gasteiger partial charge in [-0.25, -0.2) is 0 Å². The number of para-hydroxylation sites is 1. The lowest BCUT2D eigenvalue weighted by Crippen LogP contribution is -2.25. The highest BCUT2D eigenvalue weighted by Crippen LogP contribution is 2.05. The van der Waals surface area contributed by atoms with Gasteiger partial charge in [0, 0.05) is 5.69 Å². The minimum atomic E-state index is 0.230. The molecule has 1 rings (SSSR count). The van der Waals surface area contributed by atoms with Crippen LogP contribution in [0.15, 0.2) is 35.3 Å². The van der Waals surface area contributed by atoms with Crippen molar-refractivity contribution in [2.75, 3.05) is 26.0 Å². The van der Waals surface area contributed by atoms with Gasteiger partial charge in [0.25, 0.3) is 0 Å². The normalized spacial score (nSPS) is 13.8. The average Bonchev–Trinajstić information content (AvgIpc) is 2.27. The molecule has 0 aliphatic rings. The number of hydrogen-bond donors (Lipinski definition) is 2. The molecule has 0 saturated heterocycles. The molecule has 0 aliphatic carbocycles. The minimum Gasteiger partial charge on any atom is -0.370 e. The molecule has 17 heavy (non-hydrogen) atoms. The van der Waals surface area contributed by atoms with Crippen LogP contribution < -0.4 is 11.1 Å². The first kappa shape index (κ1) is 13.5. The van der Waals surface area contributed by atoms with Crippen molar-refractivity contribution >= 4 is 11.6 Å². The van der Waals surface area contributed by atoms with Gasteiger partial charge in [-0.05, 0) is 46.1 Å². The summed E-state index contributed by atoms with van der Waals surface area (Å²) in [5, 5.41) is 3.07. The second kappa shape index (κ2) is 6.91. The first-order chi connectivity index (χ1) is 8.08. The molecule has 0 heterocycles. The quantitative estimate of drug-likeness (QED) is 0.603. The highest BCUT2D eigenvalue weighted by Gasteiger charge is 2.02. The third-order valence-electron chi connectivity index (χ3n) is 2.40. The van der Waals surface area contributed by atoms with Crippen molar-refractivity contribution in [2.24, 2.45) is 10.7 Å². The van der Waals surface area contributed by atoms with Crippen LogP contribution in [0, 0.1) is 0 Å². The number of benzene rings is 1. The predicted molar refractivity (Wildman–Crippen MR) is 74.3 cm³/mol. The van der Waals surface area contributed by atoms with Crippen molar-refractivity contribution < 1.29 is 0 Å². The fourth-order valence-electron chi connectivity index (χ4n) is 1.45. The molecule has 0 spiro atoms. The Balaban J connectivity index is 2.43. The Kier molecular flexibility index (Phi) is 5.49. The molecule has 4 nitrogen and oxygen atoms in total. The summed E-state index contributed by atoms with van der Waals surface area (Å²) in [6, 6.07) is 10.1. The van der Waals surface area contributed by atoms with Crippen LogP contribution in [0.3, 0.4) is 0 Å². The maximum Gasteiger partial charge on any atom is 0.193 e. The van der Waals surface area contributed by atoms with Gasteiger partial charge < -0.3 is 16.0 Å². The van der Waals surface area contributed by atoms with Crippen molar-refractivity contribution in [1.82, 2.24) is 4.90 Å². The minimum absolute atomic E-state index is 0.230. The van der Waals surface area contributed by atoms with E-state index in [9.17, 15) is 0 Å². The molecule has 1 atom stereocenters. The van der Waals surface area contributed by atoms with Gasteiger partial charge in [0.15, 0.2) is 5.96 Å². The Morgan fingerprint density at radius 1 is 1.35 bits per heavy atom. The van der Waals surface area contributed by atoms with E-state index in [1.54, 1.807) is 0 Å². The van der Waals surface area contributed by atoms with Gasteiger partial charge in [0.05, 0.1) is 6.04 Å². The molecular weight excluding hydrogens is 212 g/mol. The summed E-state index contributed by atoms with van der Waals surface area (Å²) in [4.78, 5) is 6.55. The highest BCUT2D eigenvalue weighted by molar-refractivity contribution is 5.92. The van der Waals surface area contributed by atoms with E-state index in [2.05, 4.69) is 36.2 Å². The number of nitrogens with zero attached hydrogens (tertiary/aromatic N) is 2. The van der Waals surface area contributed by atoms with Gasteiger partial charge in [0.1, 0.15) is 0 Å². The van der Waals surface area contributed by atoms with Crippen LogP contribution in [-0.4, -0.2) is 37.5 Å². The maximum atomic E-state index is 5.84. The van der Waals surface area contributed by atoms with Crippen LogP contribution in [0.4, 0.5) is 5.69 Å². The zero-order valence-corrected chi connectivity index (χ0v) is 10.9. The third kappa shape index (κ3) is 5.92. The van der Waals surface area contributed by atoms with Crippen LogP contribution >= 0.6 is 0 Å². The standard InChI is InChI=1S/C13H22N4/c1-11(9-10-17(2)3)15-13(14)16-12-7-5-4-6-8-12/h4-8,11H,9-10H2,1-3H3,(H3,14,15,16). The van der Waals surface area contributed by atoms with E-state index in [4.69, 9.17) is 5.73 Å². The van der Waals surface area contributed by atoms with E-state index in [0.717, 1.165) is 18.7 Å². The lowest BCUT2D eigenvalue weighted by atomic mass is 10.2. The summed E-state index contributed by atoms with van der Waals surface area (Å²) in [5.74, 6) is 0.474. The first-order valence-corrected chi connectivity index (χ1v) is 5.88. The summed E-state index contributed by atoms with van der Waals surface area (Å²) in [7, 11) is 4.12. The van der Waals surface area contributed by atoms with Gasteiger partial charge >= 0.3 is 0 Å². The molecule has 0 bridgehead atoms. The average molecular weight is 234 g/mol. The number of rotatable bonds is 5. The molecule has 94 valence electrons. The van der Waals surface area contributed by atoms with Crippen molar-refractivity contribution in [2.45, 2.75) is 19.4 Å². The largest absolute Gasteiger partial charge is 0.370 e. The maximum absolute atomic E-state index is 5.84. The molecule has 0 radical (unpaired) electrons. The van der Waals surface area contributed by atoms with Crippen molar-refractivity contribution in [3.05, 3.63) is 30.3 Å². The number of nitrogens with one attached hydrogen (secondary N) is 1. The van der Waals surface area contributed by atoms with Crippen LogP contribution in [0.25, 0.3) is 0 Å². The van der Waals surface area contributed by atoms with Crippen molar-refractivity contribution in [1.29, 1.82) is 0 Å². The van der Waals surface area contributed by atoms with Crippen LogP contribution in [0.2, 0.25) is 0 Å². The third-order valence-corrected chi connectivity index (χ3v) is 2.40. The van der Waals surface area contributed by atoms with Gasteiger partial charge in [-0.1, -0.05) is 18.2 Å². The highest BCUT2D eigenvalue weighted by atomic mass is 15.1.